The van der Waals surface area contributed by atoms with E-state index >= 15 is 0 Å². The molecule has 1 N–H and O–H groups in total. The van der Waals surface area contributed by atoms with E-state index in [2.05, 4.69) is 10.4 Å². The number of thioether (sulfide) groups is 1. The van der Waals surface area contributed by atoms with Gasteiger partial charge in [-0.05, 0) is 42.9 Å². The van der Waals surface area contributed by atoms with Gasteiger partial charge in [-0.3, -0.25) is 4.79 Å². The first-order valence-electron chi connectivity index (χ1n) is 7.38. The molecular weight excluding hydrogens is 377 g/mol. The van der Waals surface area contributed by atoms with Gasteiger partial charge in [0.1, 0.15) is 5.82 Å². The Kier molecular flexibility index (Phi) is 5.62. The predicted octanol–water partition coefficient (Wildman–Crippen LogP) is 4.84. The third-order valence-electron chi connectivity index (χ3n) is 3.35. The molecule has 0 atom stereocenters. The smallest absolute Gasteiger partial charge is 0.234 e. The van der Waals surface area contributed by atoms with E-state index in [1.165, 1.54) is 35.2 Å². The molecule has 3 aromatic rings. The predicted molar refractivity (Wildman–Crippen MR) is 103 cm³/mol. The molecule has 4 nitrogen and oxygen atoms in total. The number of hydrogen-bond acceptors (Lipinski definition) is 5. The Balaban J connectivity index is 1.68. The molecule has 1 heterocycles. The molecule has 8 heteroatoms. The lowest BCUT2D eigenvalue weighted by Crippen LogP contribution is -2.14. The van der Waals surface area contributed by atoms with Crippen molar-refractivity contribution in [3.05, 3.63) is 63.9 Å². The summed E-state index contributed by atoms with van der Waals surface area (Å²) in [5, 5.41) is 7.03. The summed E-state index contributed by atoms with van der Waals surface area (Å²) < 4.78 is 16.6. The number of amides is 1. The van der Waals surface area contributed by atoms with E-state index in [0.29, 0.717) is 8.29 Å². The fraction of sp³-hybridized carbons (Fsp3) is 0.118. The molecule has 0 unspecified atom stereocenters. The number of rotatable bonds is 5. The third-order valence-corrected chi connectivity index (χ3v) is 5.71. The molecule has 0 spiro atoms. The Morgan fingerprint density at radius 3 is 2.76 bits per heavy atom. The second kappa shape index (κ2) is 7.90. The summed E-state index contributed by atoms with van der Waals surface area (Å²) in [6.07, 6.45) is 0. The maximum absolute atomic E-state index is 13.5. The van der Waals surface area contributed by atoms with Crippen molar-refractivity contribution < 1.29 is 9.18 Å². The van der Waals surface area contributed by atoms with Crippen LogP contribution in [0, 0.1) is 16.7 Å². The molecule has 1 aromatic heterocycles. The molecule has 128 valence electrons. The molecular formula is C17H14FN3OS3. The fourth-order valence-corrected chi connectivity index (χ4v) is 4.30. The van der Waals surface area contributed by atoms with Crippen molar-refractivity contribution in [2.24, 2.45) is 0 Å². The summed E-state index contributed by atoms with van der Waals surface area (Å²) in [5.41, 5.74) is 2.16. The second-order valence-corrected chi connectivity index (χ2v) is 7.99. The Labute approximate surface area is 157 Å². The molecule has 0 bridgehead atoms. The molecule has 1 amide bonds. The minimum Gasteiger partial charge on any atom is -0.323 e. The van der Waals surface area contributed by atoms with Crippen LogP contribution in [0.25, 0.3) is 5.69 Å². The Morgan fingerprint density at radius 1 is 1.28 bits per heavy atom. The average Bonchev–Trinajstić information content (AvgIpc) is 2.96. The molecule has 0 aliphatic heterocycles. The minimum atomic E-state index is -0.458. The highest BCUT2D eigenvalue weighted by molar-refractivity contribution is 8.01. The van der Waals surface area contributed by atoms with Crippen molar-refractivity contribution in [1.82, 2.24) is 9.78 Å². The maximum atomic E-state index is 13.5. The number of para-hydroxylation sites is 2. The van der Waals surface area contributed by atoms with Gasteiger partial charge in [0.2, 0.25) is 5.91 Å². The molecule has 0 saturated heterocycles. The van der Waals surface area contributed by atoms with E-state index in [0.717, 1.165) is 11.3 Å². The zero-order valence-electron chi connectivity index (χ0n) is 13.2. The van der Waals surface area contributed by atoms with Crippen LogP contribution in [0.15, 0.2) is 52.9 Å². The molecule has 2 aromatic carbocycles. The molecule has 0 saturated carbocycles. The monoisotopic (exact) mass is 391 g/mol. The van der Waals surface area contributed by atoms with Crippen molar-refractivity contribution in [1.29, 1.82) is 0 Å². The number of aryl methyl sites for hydroxylation is 1. The van der Waals surface area contributed by atoms with E-state index in [9.17, 15) is 9.18 Å². The fourth-order valence-electron chi connectivity index (χ4n) is 2.15. The maximum Gasteiger partial charge on any atom is 0.234 e. The summed E-state index contributed by atoms with van der Waals surface area (Å²) in [6.45, 7) is 1.99. The standard InChI is InChI=1S/C17H14FN3OS3/c1-11-6-2-5-9-14(11)21-17(23)25-16(20-21)24-10-15(22)19-13-8-4-3-7-12(13)18/h2-9H,10H2,1H3,(H,19,22). The molecule has 25 heavy (non-hydrogen) atoms. The Bertz CT molecular complexity index is 968. The van der Waals surface area contributed by atoms with Crippen molar-refractivity contribution in [3.8, 4) is 5.69 Å². The number of anilines is 1. The number of halogens is 1. The van der Waals surface area contributed by atoms with E-state index < -0.39 is 5.82 Å². The lowest BCUT2D eigenvalue weighted by atomic mass is 10.2. The van der Waals surface area contributed by atoms with Crippen LogP contribution in [-0.2, 0) is 4.79 Å². The zero-order valence-corrected chi connectivity index (χ0v) is 15.7. The van der Waals surface area contributed by atoms with Crippen molar-refractivity contribution in [2.75, 3.05) is 11.1 Å². The van der Waals surface area contributed by atoms with Gasteiger partial charge in [0, 0.05) is 0 Å². The number of benzene rings is 2. The lowest BCUT2D eigenvalue weighted by Gasteiger charge is -2.05. The normalized spacial score (nSPS) is 10.6. The molecule has 0 aliphatic carbocycles. The summed E-state index contributed by atoms with van der Waals surface area (Å²) in [7, 11) is 0. The molecule has 3 rings (SSSR count). The zero-order chi connectivity index (χ0) is 17.8. The molecule has 0 fully saturated rings. The van der Waals surface area contributed by atoms with Crippen molar-refractivity contribution in [3.63, 3.8) is 0 Å². The summed E-state index contributed by atoms with van der Waals surface area (Å²) in [4.78, 5) is 12.0. The number of hydrogen-bond donors (Lipinski definition) is 1. The SMILES string of the molecule is Cc1ccccc1-n1nc(SCC(=O)Nc2ccccc2F)sc1=S. The topological polar surface area (TPSA) is 46.9 Å². The Hall–Kier alpha value is -2.03. The second-order valence-electron chi connectivity index (χ2n) is 5.15. The number of carbonyl (C=O) groups excluding carboxylic acids is 1. The van der Waals surface area contributed by atoms with Crippen molar-refractivity contribution >= 4 is 46.9 Å². The van der Waals surface area contributed by atoms with Crippen LogP contribution in [0.3, 0.4) is 0 Å². The van der Waals surface area contributed by atoms with Crippen LogP contribution >= 0.6 is 35.3 Å². The van der Waals surface area contributed by atoms with Gasteiger partial charge in [-0.15, -0.1) is 5.10 Å². The van der Waals surface area contributed by atoms with E-state index in [-0.39, 0.29) is 17.3 Å². The average molecular weight is 392 g/mol. The highest BCUT2D eigenvalue weighted by atomic mass is 32.2. The van der Waals surface area contributed by atoms with Gasteiger partial charge in [-0.2, -0.15) is 0 Å². The molecule has 0 aliphatic rings. The van der Waals surface area contributed by atoms with Crippen LogP contribution < -0.4 is 5.32 Å². The Morgan fingerprint density at radius 2 is 2.00 bits per heavy atom. The van der Waals surface area contributed by atoms with Crippen LogP contribution in [0.1, 0.15) is 5.56 Å². The number of carbonyl (C=O) groups is 1. The van der Waals surface area contributed by atoms with Gasteiger partial charge in [0.05, 0.1) is 17.1 Å². The highest BCUT2D eigenvalue weighted by Gasteiger charge is 2.11. The third kappa shape index (κ3) is 4.33. The molecule has 0 radical (unpaired) electrons. The van der Waals surface area contributed by atoms with Gasteiger partial charge in [0.25, 0.3) is 0 Å². The van der Waals surface area contributed by atoms with Gasteiger partial charge in [-0.1, -0.05) is 53.4 Å². The summed E-state index contributed by atoms with van der Waals surface area (Å²) >= 11 is 7.99. The van der Waals surface area contributed by atoms with Crippen LogP contribution in [-0.4, -0.2) is 21.4 Å². The van der Waals surface area contributed by atoms with Gasteiger partial charge < -0.3 is 5.32 Å². The van der Waals surface area contributed by atoms with E-state index in [1.54, 1.807) is 16.8 Å². The summed E-state index contributed by atoms with van der Waals surface area (Å²) in [6, 6.07) is 13.9. The number of nitrogens with zero attached hydrogens (tertiary/aromatic N) is 2. The number of nitrogens with one attached hydrogen (secondary N) is 1. The van der Waals surface area contributed by atoms with Gasteiger partial charge >= 0.3 is 0 Å². The lowest BCUT2D eigenvalue weighted by molar-refractivity contribution is -0.113. The van der Waals surface area contributed by atoms with Gasteiger partial charge in [0.15, 0.2) is 8.29 Å². The van der Waals surface area contributed by atoms with Crippen molar-refractivity contribution in [2.45, 2.75) is 11.3 Å². The first kappa shape index (κ1) is 17.8. The van der Waals surface area contributed by atoms with Crippen LogP contribution in [0.2, 0.25) is 0 Å². The highest BCUT2D eigenvalue weighted by Crippen LogP contribution is 2.25. The quantitative estimate of drug-likeness (QED) is 0.499. The van der Waals surface area contributed by atoms with Crippen LogP contribution in [0.5, 0.6) is 0 Å². The van der Waals surface area contributed by atoms with E-state index in [4.69, 9.17) is 12.2 Å². The minimum absolute atomic E-state index is 0.129. The largest absolute Gasteiger partial charge is 0.323 e. The summed E-state index contributed by atoms with van der Waals surface area (Å²) in [5.74, 6) is -0.622. The van der Waals surface area contributed by atoms with E-state index in [1.807, 2.05) is 31.2 Å². The number of aromatic nitrogens is 2. The first-order valence-corrected chi connectivity index (χ1v) is 9.59. The first-order chi connectivity index (χ1) is 12.0. The van der Waals surface area contributed by atoms with Crippen LogP contribution in [0.4, 0.5) is 10.1 Å². The van der Waals surface area contributed by atoms with Gasteiger partial charge in [-0.25, -0.2) is 9.07 Å².